The lowest BCUT2D eigenvalue weighted by atomic mass is 10.2. The van der Waals surface area contributed by atoms with Crippen LogP contribution >= 0.6 is 11.6 Å². The molecule has 1 aliphatic heterocycles. The first-order valence-electron chi connectivity index (χ1n) is 6.91. The van der Waals surface area contributed by atoms with E-state index in [4.69, 9.17) is 16.3 Å². The average molecular weight is 306 g/mol. The molecule has 3 rings (SSSR count). The highest BCUT2D eigenvalue weighted by Crippen LogP contribution is 2.15. The van der Waals surface area contributed by atoms with Crippen molar-refractivity contribution >= 4 is 23.3 Å². The Balaban J connectivity index is 1.60. The lowest BCUT2D eigenvalue weighted by Gasteiger charge is -2.08. The van der Waals surface area contributed by atoms with E-state index in [9.17, 15) is 4.79 Å². The molecule has 1 N–H and O–H groups in total. The summed E-state index contributed by atoms with van der Waals surface area (Å²) in [5.41, 5.74) is 1.10. The summed E-state index contributed by atoms with van der Waals surface area (Å²) in [5.74, 6) is 0.425. The third-order valence-electron chi connectivity index (χ3n) is 3.37. The minimum absolute atomic E-state index is 0.121. The molecule has 1 aromatic carbocycles. The van der Waals surface area contributed by atoms with Gasteiger partial charge in [-0.2, -0.15) is 5.10 Å². The molecular weight excluding hydrogens is 290 g/mol. The molecule has 0 bridgehead atoms. The Labute approximate surface area is 127 Å². The molecule has 0 saturated carbocycles. The van der Waals surface area contributed by atoms with Crippen LogP contribution in [0.5, 0.6) is 0 Å². The number of hydrogen-bond acceptors (Lipinski definition) is 3. The maximum atomic E-state index is 11.9. The molecule has 1 aromatic heterocycles. The van der Waals surface area contributed by atoms with Gasteiger partial charge in [0.25, 0.3) is 5.91 Å². The van der Waals surface area contributed by atoms with Crippen LogP contribution in [0.4, 0.5) is 5.82 Å². The van der Waals surface area contributed by atoms with Crippen molar-refractivity contribution < 1.29 is 9.53 Å². The predicted octanol–water partition coefficient (Wildman–Crippen LogP) is 2.70. The fraction of sp³-hybridized carbons (Fsp3) is 0.333. The van der Waals surface area contributed by atoms with Crippen molar-refractivity contribution in [3.63, 3.8) is 0 Å². The number of rotatable bonds is 4. The van der Waals surface area contributed by atoms with Crippen LogP contribution in [-0.2, 0) is 16.1 Å². The van der Waals surface area contributed by atoms with E-state index in [1.807, 2.05) is 30.5 Å². The molecule has 0 aliphatic carbocycles. The zero-order chi connectivity index (χ0) is 14.7. The van der Waals surface area contributed by atoms with Gasteiger partial charge in [-0.15, -0.1) is 0 Å². The van der Waals surface area contributed by atoms with Gasteiger partial charge in [-0.05, 0) is 30.5 Å². The molecule has 0 spiro atoms. The van der Waals surface area contributed by atoms with E-state index in [-0.39, 0.29) is 12.0 Å². The lowest BCUT2D eigenvalue weighted by molar-refractivity contribution is -0.124. The lowest BCUT2D eigenvalue weighted by Crippen LogP contribution is -2.27. The summed E-state index contributed by atoms with van der Waals surface area (Å²) >= 11 is 5.86. The van der Waals surface area contributed by atoms with Crippen LogP contribution in [-0.4, -0.2) is 28.4 Å². The highest BCUT2D eigenvalue weighted by atomic mass is 35.5. The van der Waals surface area contributed by atoms with Gasteiger partial charge in [0.05, 0.1) is 6.54 Å². The Hall–Kier alpha value is -1.85. The molecule has 1 aliphatic rings. The summed E-state index contributed by atoms with van der Waals surface area (Å²) in [4.78, 5) is 11.9. The molecule has 2 heterocycles. The third kappa shape index (κ3) is 3.62. The molecule has 2 aromatic rings. The molecule has 5 nitrogen and oxygen atoms in total. The molecular formula is C15H16ClN3O2. The predicted molar refractivity (Wildman–Crippen MR) is 80.4 cm³/mol. The fourth-order valence-electron chi connectivity index (χ4n) is 2.28. The van der Waals surface area contributed by atoms with E-state index in [0.29, 0.717) is 24.0 Å². The van der Waals surface area contributed by atoms with Crippen LogP contribution in [0.15, 0.2) is 36.5 Å². The first kappa shape index (κ1) is 14.1. The van der Waals surface area contributed by atoms with Crippen LogP contribution in [0.2, 0.25) is 5.02 Å². The molecule has 1 fully saturated rings. The van der Waals surface area contributed by atoms with Crippen molar-refractivity contribution in [3.8, 4) is 0 Å². The van der Waals surface area contributed by atoms with E-state index in [2.05, 4.69) is 10.4 Å². The largest absolute Gasteiger partial charge is 0.368 e. The summed E-state index contributed by atoms with van der Waals surface area (Å²) < 4.78 is 7.11. The number of benzene rings is 1. The van der Waals surface area contributed by atoms with E-state index in [1.54, 1.807) is 10.7 Å². The Morgan fingerprint density at radius 1 is 1.38 bits per heavy atom. The SMILES string of the molecule is O=C(Nc1ccn(Cc2ccc(Cl)cc2)n1)C1CCCO1. The number of halogens is 1. The van der Waals surface area contributed by atoms with Crippen molar-refractivity contribution in [2.45, 2.75) is 25.5 Å². The molecule has 1 saturated heterocycles. The topological polar surface area (TPSA) is 56.2 Å². The summed E-state index contributed by atoms with van der Waals surface area (Å²) in [7, 11) is 0. The van der Waals surface area contributed by atoms with Gasteiger partial charge >= 0.3 is 0 Å². The Morgan fingerprint density at radius 2 is 2.19 bits per heavy atom. The maximum absolute atomic E-state index is 11.9. The molecule has 6 heteroatoms. The first-order chi connectivity index (χ1) is 10.2. The van der Waals surface area contributed by atoms with Gasteiger partial charge in [0, 0.05) is 23.9 Å². The highest BCUT2D eigenvalue weighted by molar-refractivity contribution is 6.30. The standard InChI is InChI=1S/C15H16ClN3O2/c16-12-5-3-11(4-6-12)10-19-8-7-14(18-19)17-15(20)13-2-1-9-21-13/h3-8,13H,1-2,9-10H2,(H,17,18,20). The number of amides is 1. The van der Waals surface area contributed by atoms with E-state index in [0.717, 1.165) is 18.4 Å². The van der Waals surface area contributed by atoms with Gasteiger partial charge in [0.1, 0.15) is 6.10 Å². The second-order valence-corrected chi connectivity index (χ2v) is 5.45. The Bertz CT molecular complexity index is 618. The van der Waals surface area contributed by atoms with Gasteiger partial charge in [0.15, 0.2) is 5.82 Å². The smallest absolute Gasteiger partial charge is 0.254 e. The summed E-state index contributed by atoms with van der Waals surface area (Å²) in [5, 5.41) is 7.83. The quantitative estimate of drug-likeness (QED) is 0.945. The second kappa shape index (κ2) is 6.28. The van der Waals surface area contributed by atoms with Crippen molar-refractivity contribution in [1.29, 1.82) is 0 Å². The number of nitrogens with zero attached hydrogens (tertiary/aromatic N) is 2. The normalized spacial score (nSPS) is 17.9. The maximum Gasteiger partial charge on any atom is 0.254 e. The van der Waals surface area contributed by atoms with Gasteiger partial charge < -0.3 is 10.1 Å². The monoisotopic (exact) mass is 305 g/mol. The second-order valence-electron chi connectivity index (χ2n) is 5.02. The Morgan fingerprint density at radius 3 is 2.90 bits per heavy atom. The highest BCUT2D eigenvalue weighted by Gasteiger charge is 2.23. The van der Waals surface area contributed by atoms with Crippen LogP contribution in [0.25, 0.3) is 0 Å². The van der Waals surface area contributed by atoms with E-state index in [1.165, 1.54) is 0 Å². The molecule has 21 heavy (non-hydrogen) atoms. The van der Waals surface area contributed by atoms with Crippen LogP contribution in [0.3, 0.4) is 0 Å². The third-order valence-corrected chi connectivity index (χ3v) is 3.62. The van der Waals surface area contributed by atoms with Crippen molar-refractivity contribution in [2.75, 3.05) is 11.9 Å². The Kier molecular flexibility index (Phi) is 4.22. The summed E-state index contributed by atoms with van der Waals surface area (Å²) in [6.07, 6.45) is 3.20. The summed E-state index contributed by atoms with van der Waals surface area (Å²) in [6, 6.07) is 9.38. The molecule has 0 radical (unpaired) electrons. The van der Waals surface area contributed by atoms with Crippen LogP contribution in [0.1, 0.15) is 18.4 Å². The minimum atomic E-state index is -0.341. The van der Waals surface area contributed by atoms with E-state index < -0.39 is 0 Å². The number of nitrogens with one attached hydrogen (secondary N) is 1. The number of ether oxygens (including phenoxy) is 1. The van der Waals surface area contributed by atoms with Crippen molar-refractivity contribution in [2.24, 2.45) is 0 Å². The zero-order valence-electron chi connectivity index (χ0n) is 11.5. The summed E-state index contributed by atoms with van der Waals surface area (Å²) in [6.45, 7) is 1.29. The molecule has 1 unspecified atom stereocenters. The number of hydrogen-bond donors (Lipinski definition) is 1. The zero-order valence-corrected chi connectivity index (χ0v) is 12.2. The van der Waals surface area contributed by atoms with Gasteiger partial charge in [-0.3, -0.25) is 9.48 Å². The van der Waals surface area contributed by atoms with Crippen molar-refractivity contribution in [1.82, 2.24) is 9.78 Å². The number of carbonyl (C=O) groups is 1. The van der Waals surface area contributed by atoms with Crippen LogP contribution < -0.4 is 5.32 Å². The minimum Gasteiger partial charge on any atom is -0.368 e. The molecule has 1 atom stereocenters. The fourth-order valence-corrected chi connectivity index (χ4v) is 2.41. The van der Waals surface area contributed by atoms with E-state index >= 15 is 0 Å². The van der Waals surface area contributed by atoms with Gasteiger partial charge in [-0.25, -0.2) is 0 Å². The first-order valence-corrected chi connectivity index (χ1v) is 7.29. The molecule has 1 amide bonds. The van der Waals surface area contributed by atoms with Crippen molar-refractivity contribution in [3.05, 3.63) is 47.1 Å². The molecule has 110 valence electrons. The average Bonchev–Trinajstić information content (AvgIpc) is 3.13. The number of aromatic nitrogens is 2. The number of carbonyl (C=O) groups excluding carboxylic acids is 1. The van der Waals surface area contributed by atoms with Gasteiger partial charge in [0.2, 0.25) is 0 Å². The van der Waals surface area contributed by atoms with Gasteiger partial charge in [-0.1, -0.05) is 23.7 Å². The number of anilines is 1. The van der Waals surface area contributed by atoms with Crippen LogP contribution in [0, 0.1) is 0 Å².